The minimum Gasteiger partial charge on any atom is -0.488 e. The van der Waals surface area contributed by atoms with Gasteiger partial charge in [-0.1, -0.05) is 18.2 Å². The van der Waals surface area contributed by atoms with E-state index in [4.69, 9.17) is 4.74 Å². The number of aromatic nitrogens is 2. The topological polar surface area (TPSA) is 56.2 Å². The van der Waals surface area contributed by atoms with Crippen LogP contribution >= 0.6 is 0 Å². The fourth-order valence-electron chi connectivity index (χ4n) is 2.99. The number of hydrogen-bond donors (Lipinski definition) is 1. The van der Waals surface area contributed by atoms with Crippen molar-refractivity contribution in [2.75, 3.05) is 0 Å². The molecule has 1 saturated carbocycles. The number of carbonyl (C=O) groups excluding carboxylic acids is 1. The molecule has 1 fully saturated rings. The first-order valence-corrected chi connectivity index (χ1v) is 8.21. The Hall–Kier alpha value is -2.30. The van der Waals surface area contributed by atoms with Crippen molar-refractivity contribution in [1.29, 1.82) is 0 Å². The lowest BCUT2D eigenvalue weighted by molar-refractivity contribution is -0.122. The van der Waals surface area contributed by atoms with E-state index >= 15 is 0 Å². The molecule has 0 aliphatic heterocycles. The summed E-state index contributed by atoms with van der Waals surface area (Å²) in [6, 6.07) is 9.90. The zero-order valence-electron chi connectivity index (χ0n) is 13.4. The molecule has 5 nitrogen and oxygen atoms in total. The van der Waals surface area contributed by atoms with Crippen LogP contribution in [0, 0.1) is 6.92 Å². The minimum absolute atomic E-state index is 0.0618. The molecular weight excluding hydrogens is 290 g/mol. The second-order valence-electron chi connectivity index (χ2n) is 6.11. The monoisotopic (exact) mass is 313 g/mol. The highest BCUT2D eigenvalue weighted by Gasteiger charge is 2.30. The standard InChI is InChI=1S/C18H23N3O2/c1-14-12-19-21(13-14)11-10-18(22)20-16-8-5-9-17(16)23-15-6-3-2-4-7-15/h2-4,6-7,12-13,16-17H,5,8-11H2,1H3,(H,20,22)/t16-,17+/m1/s1. The van der Waals surface area contributed by atoms with Crippen LogP contribution in [0.15, 0.2) is 42.7 Å². The van der Waals surface area contributed by atoms with Crippen molar-refractivity contribution >= 4 is 5.91 Å². The van der Waals surface area contributed by atoms with Gasteiger partial charge in [0.25, 0.3) is 0 Å². The third-order valence-electron chi connectivity index (χ3n) is 4.16. The van der Waals surface area contributed by atoms with Crippen molar-refractivity contribution in [2.45, 2.75) is 51.3 Å². The fraction of sp³-hybridized carbons (Fsp3) is 0.444. The van der Waals surface area contributed by atoms with Gasteiger partial charge in [0.2, 0.25) is 5.91 Å². The summed E-state index contributed by atoms with van der Waals surface area (Å²) < 4.78 is 7.83. The molecule has 0 saturated heterocycles. The quantitative estimate of drug-likeness (QED) is 0.892. The van der Waals surface area contributed by atoms with E-state index in [0.717, 1.165) is 30.6 Å². The van der Waals surface area contributed by atoms with Crippen LogP contribution in [-0.2, 0) is 11.3 Å². The fourth-order valence-corrected chi connectivity index (χ4v) is 2.99. The third kappa shape index (κ3) is 4.34. The number of rotatable bonds is 6. The molecule has 2 atom stereocenters. The van der Waals surface area contributed by atoms with Crippen LogP contribution in [0.1, 0.15) is 31.2 Å². The molecular formula is C18H23N3O2. The van der Waals surface area contributed by atoms with E-state index in [2.05, 4.69) is 10.4 Å². The maximum Gasteiger partial charge on any atom is 0.222 e. The lowest BCUT2D eigenvalue weighted by atomic mass is 10.2. The Morgan fingerprint density at radius 2 is 2.17 bits per heavy atom. The van der Waals surface area contributed by atoms with Crippen molar-refractivity contribution in [3.05, 3.63) is 48.3 Å². The summed E-state index contributed by atoms with van der Waals surface area (Å²) in [5, 5.41) is 7.32. The van der Waals surface area contributed by atoms with Crippen molar-refractivity contribution in [3.63, 3.8) is 0 Å². The number of benzene rings is 1. The molecule has 2 aromatic rings. The minimum atomic E-state index is 0.0618. The predicted octanol–water partition coefficient (Wildman–Crippen LogP) is 2.70. The van der Waals surface area contributed by atoms with E-state index in [1.54, 1.807) is 6.20 Å². The summed E-state index contributed by atoms with van der Waals surface area (Å²) in [6.45, 7) is 2.60. The molecule has 0 bridgehead atoms. The molecule has 1 aliphatic rings. The molecule has 1 aromatic heterocycles. The van der Waals surface area contributed by atoms with Crippen molar-refractivity contribution in [2.24, 2.45) is 0 Å². The Labute approximate surface area is 136 Å². The number of carbonyl (C=O) groups is 1. The summed E-state index contributed by atoms with van der Waals surface area (Å²) in [7, 11) is 0. The molecule has 1 heterocycles. The van der Waals surface area contributed by atoms with Gasteiger partial charge < -0.3 is 10.1 Å². The Morgan fingerprint density at radius 3 is 2.91 bits per heavy atom. The van der Waals surface area contributed by atoms with Gasteiger partial charge in [-0.3, -0.25) is 9.48 Å². The lowest BCUT2D eigenvalue weighted by Crippen LogP contribution is -2.42. The van der Waals surface area contributed by atoms with E-state index in [1.165, 1.54) is 0 Å². The van der Waals surface area contributed by atoms with Crippen LogP contribution in [0.3, 0.4) is 0 Å². The van der Waals surface area contributed by atoms with Gasteiger partial charge in [-0.2, -0.15) is 5.10 Å². The molecule has 0 spiro atoms. The van der Waals surface area contributed by atoms with E-state index < -0.39 is 0 Å². The zero-order valence-corrected chi connectivity index (χ0v) is 13.4. The van der Waals surface area contributed by atoms with E-state index in [0.29, 0.717) is 13.0 Å². The van der Waals surface area contributed by atoms with Crippen molar-refractivity contribution in [3.8, 4) is 5.75 Å². The predicted molar refractivity (Wildman–Crippen MR) is 88.2 cm³/mol. The molecule has 3 rings (SSSR count). The molecule has 23 heavy (non-hydrogen) atoms. The van der Waals surface area contributed by atoms with Crippen molar-refractivity contribution in [1.82, 2.24) is 15.1 Å². The summed E-state index contributed by atoms with van der Waals surface area (Å²) >= 11 is 0. The highest BCUT2D eigenvalue weighted by molar-refractivity contribution is 5.76. The van der Waals surface area contributed by atoms with Gasteiger partial charge in [0, 0.05) is 19.2 Å². The van der Waals surface area contributed by atoms with Crippen LogP contribution in [0.5, 0.6) is 5.75 Å². The SMILES string of the molecule is Cc1cnn(CCC(=O)N[C@@H]2CCC[C@@H]2Oc2ccccc2)c1. The largest absolute Gasteiger partial charge is 0.488 e. The average molecular weight is 313 g/mol. The summed E-state index contributed by atoms with van der Waals surface area (Å²) in [5.74, 6) is 0.928. The van der Waals surface area contributed by atoms with E-state index in [9.17, 15) is 4.79 Å². The van der Waals surface area contributed by atoms with Crippen LogP contribution in [0.25, 0.3) is 0 Å². The normalized spacial score (nSPS) is 20.4. The Balaban J connectivity index is 1.48. The van der Waals surface area contributed by atoms with Gasteiger partial charge in [0.05, 0.1) is 12.2 Å². The Kier molecular flexibility index (Phi) is 4.95. The van der Waals surface area contributed by atoms with Gasteiger partial charge in [0.1, 0.15) is 11.9 Å². The molecule has 1 aliphatic carbocycles. The number of nitrogens with one attached hydrogen (secondary N) is 1. The van der Waals surface area contributed by atoms with Gasteiger partial charge >= 0.3 is 0 Å². The Morgan fingerprint density at radius 1 is 1.35 bits per heavy atom. The first-order valence-electron chi connectivity index (χ1n) is 8.21. The molecule has 0 radical (unpaired) electrons. The lowest BCUT2D eigenvalue weighted by Gasteiger charge is -2.22. The number of amides is 1. The number of nitrogens with zero attached hydrogens (tertiary/aromatic N) is 2. The molecule has 1 aromatic carbocycles. The summed E-state index contributed by atoms with van der Waals surface area (Å²) in [4.78, 5) is 12.2. The number of ether oxygens (including phenoxy) is 1. The second kappa shape index (κ2) is 7.31. The zero-order chi connectivity index (χ0) is 16.1. The van der Waals surface area contributed by atoms with E-state index in [1.807, 2.05) is 48.1 Å². The summed E-state index contributed by atoms with van der Waals surface area (Å²) in [6.07, 6.45) is 7.30. The summed E-state index contributed by atoms with van der Waals surface area (Å²) in [5.41, 5.74) is 1.11. The first-order chi connectivity index (χ1) is 11.2. The van der Waals surface area contributed by atoms with Gasteiger partial charge in [-0.25, -0.2) is 0 Å². The first kappa shape index (κ1) is 15.6. The molecule has 122 valence electrons. The highest BCUT2D eigenvalue weighted by Crippen LogP contribution is 2.24. The molecule has 1 amide bonds. The number of aryl methyl sites for hydroxylation is 2. The third-order valence-corrected chi connectivity index (χ3v) is 4.16. The van der Waals surface area contributed by atoms with Crippen LogP contribution in [-0.4, -0.2) is 27.8 Å². The number of hydrogen-bond acceptors (Lipinski definition) is 3. The second-order valence-corrected chi connectivity index (χ2v) is 6.11. The van der Waals surface area contributed by atoms with Crippen molar-refractivity contribution < 1.29 is 9.53 Å². The number of para-hydroxylation sites is 1. The van der Waals surface area contributed by atoms with Gasteiger partial charge in [0.15, 0.2) is 0 Å². The molecule has 1 N–H and O–H groups in total. The molecule has 0 unspecified atom stereocenters. The average Bonchev–Trinajstić information content (AvgIpc) is 3.16. The maximum absolute atomic E-state index is 12.2. The van der Waals surface area contributed by atoms with Gasteiger partial charge in [-0.15, -0.1) is 0 Å². The van der Waals surface area contributed by atoms with Gasteiger partial charge in [-0.05, 0) is 43.9 Å². The maximum atomic E-state index is 12.2. The van der Waals surface area contributed by atoms with Crippen LogP contribution in [0.4, 0.5) is 0 Å². The smallest absolute Gasteiger partial charge is 0.222 e. The van der Waals surface area contributed by atoms with Crippen LogP contribution < -0.4 is 10.1 Å². The highest BCUT2D eigenvalue weighted by atomic mass is 16.5. The Bertz CT molecular complexity index is 639. The van der Waals surface area contributed by atoms with Crippen LogP contribution in [0.2, 0.25) is 0 Å². The van der Waals surface area contributed by atoms with E-state index in [-0.39, 0.29) is 18.1 Å². The molecule has 5 heteroatoms.